The van der Waals surface area contributed by atoms with E-state index in [1.54, 1.807) is 6.92 Å². The topological polar surface area (TPSA) is 64.6 Å². The smallest absolute Gasteiger partial charge is 0.311 e. The Balaban J connectivity index is 1.87. The van der Waals surface area contributed by atoms with E-state index in [9.17, 15) is 9.59 Å². The van der Waals surface area contributed by atoms with Gasteiger partial charge >= 0.3 is 5.97 Å². The normalized spacial score (nSPS) is 21.7. The number of hydrogen-bond acceptors (Lipinski definition) is 4. The molecule has 1 saturated heterocycles. The van der Waals surface area contributed by atoms with Gasteiger partial charge in [0.1, 0.15) is 0 Å². The van der Waals surface area contributed by atoms with Crippen LogP contribution in [-0.4, -0.2) is 31.6 Å². The SMILES string of the molecule is CCOC(=O)C1CNC(=O)CC1COCc1ccccc1. The Morgan fingerprint density at radius 2 is 2.10 bits per heavy atom. The molecular formula is C16H21NO4. The van der Waals surface area contributed by atoms with Crippen LogP contribution in [0.25, 0.3) is 0 Å². The van der Waals surface area contributed by atoms with Gasteiger partial charge in [-0.2, -0.15) is 0 Å². The van der Waals surface area contributed by atoms with Crippen molar-refractivity contribution in [2.24, 2.45) is 11.8 Å². The summed E-state index contributed by atoms with van der Waals surface area (Å²) in [6, 6.07) is 9.82. The van der Waals surface area contributed by atoms with Crippen LogP contribution in [0.1, 0.15) is 18.9 Å². The number of carbonyl (C=O) groups is 2. The summed E-state index contributed by atoms with van der Waals surface area (Å²) in [5.41, 5.74) is 1.07. The first-order chi connectivity index (χ1) is 10.2. The Hall–Kier alpha value is -1.88. The van der Waals surface area contributed by atoms with Crippen LogP contribution in [0.4, 0.5) is 0 Å². The summed E-state index contributed by atoms with van der Waals surface area (Å²) in [6.45, 7) is 3.32. The number of hydrogen-bond donors (Lipinski definition) is 1. The van der Waals surface area contributed by atoms with E-state index in [0.717, 1.165) is 5.56 Å². The zero-order valence-electron chi connectivity index (χ0n) is 12.2. The van der Waals surface area contributed by atoms with Crippen LogP contribution in [0, 0.1) is 11.8 Å². The summed E-state index contributed by atoms with van der Waals surface area (Å²) >= 11 is 0. The molecule has 1 amide bonds. The van der Waals surface area contributed by atoms with Crippen LogP contribution < -0.4 is 5.32 Å². The number of rotatable bonds is 6. The van der Waals surface area contributed by atoms with E-state index < -0.39 is 0 Å². The maximum absolute atomic E-state index is 11.9. The first kappa shape index (κ1) is 15.5. The molecule has 5 heteroatoms. The summed E-state index contributed by atoms with van der Waals surface area (Å²) in [5.74, 6) is -0.741. The summed E-state index contributed by atoms with van der Waals surface area (Å²) < 4.78 is 10.7. The molecular weight excluding hydrogens is 270 g/mol. The number of esters is 1. The van der Waals surface area contributed by atoms with Crippen LogP contribution in [-0.2, 0) is 25.7 Å². The third-order valence-electron chi connectivity index (χ3n) is 3.57. The molecule has 0 spiro atoms. The number of carbonyl (C=O) groups excluding carboxylic acids is 2. The molecule has 1 N–H and O–H groups in total. The van der Waals surface area contributed by atoms with Gasteiger partial charge in [-0.25, -0.2) is 0 Å². The van der Waals surface area contributed by atoms with Crippen molar-refractivity contribution in [1.29, 1.82) is 0 Å². The molecule has 2 atom stereocenters. The monoisotopic (exact) mass is 291 g/mol. The molecule has 0 aliphatic carbocycles. The average Bonchev–Trinajstić information content (AvgIpc) is 2.49. The van der Waals surface area contributed by atoms with E-state index in [-0.39, 0.29) is 23.7 Å². The Labute approximate surface area is 124 Å². The van der Waals surface area contributed by atoms with E-state index in [2.05, 4.69) is 5.32 Å². The van der Waals surface area contributed by atoms with Crippen LogP contribution in [0.5, 0.6) is 0 Å². The molecule has 5 nitrogen and oxygen atoms in total. The van der Waals surface area contributed by atoms with Gasteiger partial charge in [0.15, 0.2) is 0 Å². The zero-order chi connectivity index (χ0) is 15.1. The molecule has 1 aliphatic rings. The lowest BCUT2D eigenvalue weighted by atomic mass is 9.86. The van der Waals surface area contributed by atoms with E-state index in [0.29, 0.717) is 32.8 Å². The predicted octanol–water partition coefficient (Wildman–Crippen LogP) is 1.52. The first-order valence-electron chi connectivity index (χ1n) is 7.25. The van der Waals surface area contributed by atoms with Crippen LogP contribution in [0.3, 0.4) is 0 Å². The molecule has 2 unspecified atom stereocenters. The summed E-state index contributed by atoms with van der Waals surface area (Å²) in [7, 11) is 0. The fraction of sp³-hybridized carbons (Fsp3) is 0.500. The molecule has 1 heterocycles. The number of amides is 1. The maximum Gasteiger partial charge on any atom is 0.311 e. The van der Waals surface area contributed by atoms with E-state index in [4.69, 9.17) is 9.47 Å². The van der Waals surface area contributed by atoms with Crippen LogP contribution >= 0.6 is 0 Å². The van der Waals surface area contributed by atoms with Crippen molar-refractivity contribution in [2.75, 3.05) is 19.8 Å². The molecule has 1 aliphatic heterocycles. The first-order valence-corrected chi connectivity index (χ1v) is 7.25. The highest BCUT2D eigenvalue weighted by Crippen LogP contribution is 2.22. The minimum Gasteiger partial charge on any atom is -0.466 e. The number of ether oxygens (including phenoxy) is 2. The quantitative estimate of drug-likeness (QED) is 0.807. The fourth-order valence-corrected chi connectivity index (χ4v) is 2.45. The lowest BCUT2D eigenvalue weighted by Crippen LogP contribution is -2.46. The van der Waals surface area contributed by atoms with Gasteiger partial charge in [0.25, 0.3) is 0 Å². The lowest BCUT2D eigenvalue weighted by Gasteiger charge is -2.29. The Bertz CT molecular complexity index is 474. The van der Waals surface area contributed by atoms with Gasteiger partial charge in [0.05, 0.1) is 25.7 Å². The molecule has 1 aromatic rings. The van der Waals surface area contributed by atoms with Gasteiger partial charge in [-0.3, -0.25) is 9.59 Å². The maximum atomic E-state index is 11.9. The fourth-order valence-electron chi connectivity index (χ4n) is 2.45. The van der Waals surface area contributed by atoms with Gasteiger partial charge in [-0.05, 0) is 12.5 Å². The van der Waals surface area contributed by atoms with Crippen molar-refractivity contribution in [3.8, 4) is 0 Å². The second kappa shape index (κ2) is 7.78. The Morgan fingerprint density at radius 3 is 2.81 bits per heavy atom. The zero-order valence-corrected chi connectivity index (χ0v) is 12.2. The van der Waals surface area contributed by atoms with Gasteiger partial charge in [-0.1, -0.05) is 30.3 Å². The van der Waals surface area contributed by atoms with Crippen molar-refractivity contribution < 1.29 is 19.1 Å². The molecule has 21 heavy (non-hydrogen) atoms. The molecule has 114 valence electrons. The van der Waals surface area contributed by atoms with E-state index >= 15 is 0 Å². The molecule has 0 bridgehead atoms. The number of benzene rings is 1. The molecule has 0 radical (unpaired) electrons. The highest BCUT2D eigenvalue weighted by Gasteiger charge is 2.35. The van der Waals surface area contributed by atoms with Crippen molar-refractivity contribution in [2.45, 2.75) is 20.0 Å². The van der Waals surface area contributed by atoms with Crippen molar-refractivity contribution in [1.82, 2.24) is 5.32 Å². The predicted molar refractivity (Wildman–Crippen MR) is 77.3 cm³/mol. The molecule has 0 aromatic heterocycles. The van der Waals surface area contributed by atoms with Crippen LogP contribution in [0.2, 0.25) is 0 Å². The lowest BCUT2D eigenvalue weighted by molar-refractivity contribution is -0.153. The van der Waals surface area contributed by atoms with Crippen LogP contribution in [0.15, 0.2) is 30.3 Å². The van der Waals surface area contributed by atoms with E-state index in [1.807, 2.05) is 30.3 Å². The van der Waals surface area contributed by atoms with Gasteiger partial charge in [0, 0.05) is 18.9 Å². The third kappa shape index (κ3) is 4.56. The number of nitrogens with one attached hydrogen (secondary N) is 1. The second-order valence-electron chi connectivity index (χ2n) is 5.13. The highest BCUT2D eigenvalue weighted by atomic mass is 16.5. The van der Waals surface area contributed by atoms with E-state index in [1.165, 1.54) is 0 Å². The number of piperidine rings is 1. The van der Waals surface area contributed by atoms with Gasteiger partial charge < -0.3 is 14.8 Å². The molecule has 1 aromatic carbocycles. The molecule has 2 rings (SSSR count). The minimum absolute atomic E-state index is 0.0381. The summed E-state index contributed by atoms with van der Waals surface area (Å²) in [5, 5.41) is 2.71. The molecule has 1 fully saturated rings. The third-order valence-corrected chi connectivity index (χ3v) is 3.57. The minimum atomic E-state index is -0.321. The van der Waals surface area contributed by atoms with Crippen molar-refractivity contribution in [3.05, 3.63) is 35.9 Å². The average molecular weight is 291 g/mol. The van der Waals surface area contributed by atoms with Gasteiger partial charge in [-0.15, -0.1) is 0 Å². The summed E-state index contributed by atoms with van der Waals surface area (Å²) in [6.07, 6.45) is 0.304. The summed E-state index contributed by atoms with van der Waals surface area (Å²) in [4.78, 5) is 23.4. The largest absolute Gasteiger partial charge is 0.466 e. The highest BCUT2D eigenvalue weighted by molar-refractivity contribution is 5.81. The Kier molecular flexibility index (Phi) is 5.75. The van der Waals surface area contributed by atoms with Crippen molar-refractivity contribution >= 4 is 11.9 Å². The molecule has 0 saturated carbocycles. The standard InChI is InChI=1S/C16H21NO4/c1-2-21-16(19)14-9-17-15(18)8-13(14)11-20-10-12-6-4-3-5-7-12/h3-7,13-14H,2,8-11H2,1H3,(H,17,18). The second-order valence-corrected chi connectivity index (χ2v) is 5.13. The Morgan fingerprint density at radius 1 is 1.33 bits per heavy atom. The van der Waals surface area contributed by atoms with Gasteiger partial charge in [0.2, 0.25) is 5.91 Å². The van der Waals surface area contributed by atoms with Crippen molar-refractivity contribution in [3.63, 3.8) is 0 Å².